The summed E-state index contributed by atoms with van der Waals surface area (Å²) in [5, 5.41) is 8.64. The molecule has 1 N–H and O–H groups in total. The molecular formula is C14H17NO4. The van der Waals surface area contributed by atoms with Gasteiger partial charge in [0.1, 0.15) is 5.75 Å². The number of fused-ring (bicyclic) bond motifs is 1. The summed E-state index contributed by atoms with van der Waals surface area (Å²) in [7, 11) is 1.61. The van der Waals surface area contributed by atoms with E-state index in [1.165, 1.54) is 0 Å². The molecule has 5 heteroatoms. The minimum atomic E-state index is -0.944. The molecule has 5 nitrogen and oxygen atoms in total. The second-order valence-corrected chi connectivity index (χ2v) is 4.54. The molecule has 0 spiro atoms. The Morgan fingerprint density at radius 2 is 2.16 bits per heavy atom. The summed E-state index contributed by atoms with van der Waals surface area (Å²) in [5.74, 6) is -0.299. The standard InChI is InChI=1S/C14H17NO4/c1-19-11-4-5-12-10(9-11)3-2-8-15(12)13(16)6-7-14(17)18/h4-5,9H,2-3,6-8H2,1H3,(H,17,18). The Morgan fingerprint density at radius 3 is 2.84 bits per heavy atom. The molecule has 0 saturated heterocycles. The summed E-state index contributed by atoms with van der Waals surface area (Å²) in [6, 6.07) is 5.62. The molecule has 1 heterocycles. The van der Waals surface area contributed by atoms with Gasteiger partial charge in [-0.2, -0.15) is 0 Å². The van der Waals surface area contributed by atoms with Crippen LogP contribution in [0.3, 0.4) is 0 Å². The van der Waals surface area contributed by atoms with Crippen LogP contribution in [0.2, 0.25) is 0 Å². The van der Waals surface area contributed by atoms with Crippen molar-refractivity contribution in [3.63, 3.8) is 0 Å². The van der Waals surface area contributed by atoms with E-state index in [0.717, 1.165) is 29.8 Å². The maximum atomic E-state index is 12.1. The van der Waals surface area contributed by atoms with E-state index in [9.17, 15) is 9.59 Å². The van der Waals surface area contributed by atoms with Crippen LogP contribution in [-0.2, 0) is 16.0 Å². The molecule has 0 fully saturated rings. The summed E-state index contributed by atoms with van der Waals surface area (Å²) in [5.41, 5.74) is 1.96. The van der Waals surface area contributed by atoms with Crippen LogP contribution in [0.25, 0.3) is 0 Å². The van der Waals surface area contributed by atoms with Crippen molar-refractivity contribution in [2.45, 2.75) is 25.7 Å². The number of carboxylic acid groups (broad SMARTS) is 1. The average Bonchev–Trinajstić information content (AvgIpc) is 2.43. The number of methoxy groups -OCH3 is 1. The second-order valence-electron chi connectivity index (χ2n) is 4.54. The van der Waals surface area contributed by atoms with Gasteiger partial charge in [0.2, 0.25) is 5.91 Å². The third-order valence-electron chi connectivity index (χ3n) is 3.26. The van der Waals surface area contributed by atoms with Crippen molar-refractivity contribution < 1.29 is 19.4 Å². The van der Waals surface area contributed by atoms with E-state index >= 15 is 0 Å². The normalized spacial score (nSPS) is 13.8. The fourth-order valence-corrected chi connectivity index (χ4v) is 2.31. The number of rotatable bonds is 4. The van der Waals surface area contributed by atoms with Crippen LogP contribution in [0.4, 0.5) is 5.69 Å². The van der Waals surface area contributed by atoms with Crippen LogP contribution in [0.1, 0.15) is 24.8 Å². The minimum Gasteiger partial charge on any atom is -0.497 e. The molecule has 1 amide bonds. The maximum Gasteiger partial charge on any atom is 0.303 e. The molecule has 1 aliphatic heterocycles. The Balaban J connectivity index is 2.17. The fraction of sp³-hybridized carbons (Fsp3) is 0.429. The summed E-state index contributed by atoms with van der Waals surface area (Å²) >= 11 is 0. The number of hydrogen-bond donors (Lipinski definition) is 1. The predicted molar refractivity (Wildman–Crippen MR) is 70.5 cm³/mol. The Labute approximate surface area is 111 Å². The summed E-state index contributed by atoms with van der Waals surface area (Å²) < 4.78 is 5.17. The number of carboxylic acids is 1. The largest absolute Gasteiger partial charge is 0.497 e. The van der Waals surface area contributed by atoms with Gasteiger partial charge in [-0.1, -0.05) is 0 Å². The van der Waals surface area contributed by atoms with Gasteiger partial charge in [0.25, 0.3) is 0 Å². The van der Waals surface area contributed by atoms with Crippen molar-refractivity contribution in [2.75, 3.05) is 18.6 Å². The van der Waals surface area contributed by atoms with Gasteiger partial charge < -0.3 is 14.7 Å². The monoisotopic (exact) mass is 263 g/mol. The molecule has 1 aliphatic rings. The van der Waals surface area contributed by atoms with Crippen LogP contribution < -0.4 is 9.64 Å². The molecule has 0 saturated carbocycles. The van der Waals surface area contributed by atoms with E-state index in [4.69, 9.17) is 9.84 Å². The SMILES string of the molecule is COc1ccc2c(c1)CCCN2C(=O)CCC(=O)O. The van der Waals surface area contributed by atoms with Gasteiger partial charge in [-0.3, -0.25) is 9.59 Å². The first kappa shape index (κ1) is 13.4. The summed E-state index contributed by atoms with van der Waals surface area (Å²) in [6.45, 7) is 0.651. The zero-order valence-electron chi connectivity index (χ0n) is 10.9. The Bertz CT molecular complexity index is 498. The Hall–Kier alpha value is -2.04. The lowest BCUT2D eigenvalue weighted by atomic mass is 10.0. The molecular weight excluding hydrogens is 246 g/mol. The molecule has 102 valence electrons. The highest BCUT2D eigenvalue weighted by molar-refractivity contribution is 5.96. The molecule has 0 radical (unpaired) electrons. The van der Waals surface area contributed by atoms with Crippen LogP contribution in [0, 0.1) is 0 Å². The van der Waals surface area contributed by atoms with Gasteiger partial charge >= 0.3 is 5.97 Å². The van der Waals surface area contributed by atoms with Gasteiger partial charge in [0.15, 0.2) is 0 Å². The highest BCUT2D eigenvalue weighted by atomic mass is 16.5. The van der Waals surface area contributed by atoms with Crippen LogP contribution in [0.5, 0.6) is 5.75 Å². The van der Waals surface area contributed by atoms with E-state index in [1.54, 1.807) is 12.0 Å². The number of ether oxygens (including phenoxy) is 1. The lowest BCUT2D eigenvalue weighted by Crippen LogP contribution is -2.35. The fourth-order valence-electron chi connectivity index (χ4n) is 2.31. The number of benzene rings is 1. The Morgan fingerprint density at radius 1 is 1.37 bits per heavy atom. The molecule has 1 aromatic rings. The van der Waals surface area contributed by atoms with Gasteiger partial charge in [-0.15, -0.1) is 0 Å². The van der Waals surface area contributed by atoms with E-state index < -0.39 is 5.97 Å². The third kappa shape index (κ3) is 3.05. The first-order chi connectivity index (χ1) is 9.11. The molecule has 0 aliphatic carbocycles. The number of aryl methyl sites for hydroxylation is 1. The van der Waals surface area contributed by atoms with Gasteiger partial charge in [-0.05, 0) is 36.6 Å². The van der Waals surface area contributed by atoms with Gasteiger partial charge in [0, 0.05) is 18.7 Å². The van der Waals surface area contributed by atoms with Gasteiger partial charge in [-0.25, -0.2) is 0 Å². The quantitative estimate of drug-likeness (QED) is 0.900. The number of carbonyl (C=O) groups excluding carboxylic acids is 1. The number of amides is 1. The highest BCUT2D eigenvalue weighted by Crippen LogP contribution is 2.30. The van der Waals surface area contributed by atoms with E-state index in [0.29, 0.717) is 6.54 Å². The minimum absolute atomic E-state index is 0.0425. The average molecular weight is 263 g/mol. The topological polar surface area (TPSA) is 66.8 Å². The lowest BCUT2D eigenvalue weighted by molar-refractivity contribution is -0.138. The molecule has 19 heavy (non-hydrogen) atoms. The second kappa shape index (κ2) is 5.73. The molecule has 0 atom stereocenters. The zero-order valence-corrected chi connectivity index (χ0v) is 10.9. The Kier molecular flexibility index (Phi) is 4.04. The number of nitrogens with zero attached hydrogens (tertiary/aromatic N) is 1. The van der Waals surface area contributed by atoms with Crippen LogP contribution >= 0.6 is 0 Å². The number of carbonyl (C=O) groups is 2. The number of aliphatic carboxylic acids is 1. The van der Waals surface area contributed by atoms with Crippen molar-refractivity contribution in [3.05, 3.63) is 23.8 Å². The predicted octanol–water partition coefficient (Wildman–Crippen LogP) is 1.84. The van der Waals surface area contributed by atoms with Gasteiger partial charge in [0.05, 0.1) is 13.5 Å². The summed E-state index contributed by atoms with van der Waals surface area (Å²) in [4.78, 5) is 24.3. The van der Waals surface area contributed by atoms with E-state index in [2.05, 4.69) is 0 Å². The lowest BCUT2D eigenvalue weighted by Gasteiger charge is -2.29. The van der Waals surface area contributed by atoms with Crippen LogP contribution in [0.15, 0.2) is 18.2 Å². The summed E-state index contributed by atoms with van der Waals surface area (Å²) in [6.07, 6.45) is 1.72. The number of anilines is 1. The zero-order chi connectivity index (χ0) is 13.8. The van der Waals surface area contributed by atoms with Crippen molar-refractivity contribution in [1.82, 2.24) is 0 Å². The molecule has 2 rings (SSSR count). The van der Waals surface area contributed by atoms with Crippen molar-refractivity contribution in [3.8, 4) is 5.75 Å². The molecule has 0 aromatic heterocycles. The van der Waals surface area contributed by atoms with E-state index in [1.807, 2.05) is 18.2 Å². The van der Waals surface area contributed by atoms with Crippen molar-refractivity contribution in [2.24, 2.45) is 0 Å². The first-order valence-electron chi connectivity index (χ1n) is 6.31. The van der Waals surface area contributed by atoms with E-state index in [-0.39, 0.29) is 18.7 Å². The third-order valence-corrected chi connectivity index (χ3v) is 3.26. The van der Waals surface area contributed by atoms with Crippen molar-refractivity contribution in [1.29, 1.82) is 0 Å². The first-order valence-corrected chi connectivity index (χ1v) is 6.31. The van der Waals surface area contributed by atoms with Crippen LogP contribution in [-0.4, -0.2) is 30.6 Å². The highest BCUT2D eigenvalue weighted by Gasteiger charge is 2.23. The smallest absolute Gasteiger partial charge is 0.303 e. The molecule has 0 bridgehead atoms. The molecule has 1 aromatic carbocycles. The number of hydrogen-bond acceptors (Lipinski definition) is 3. The maximum absolute atomic E-state index is 12.1. The van der Waals surface area contributed by atoms with Crippen molar-refractivity contribution >= 4 is 17.6 Å². The molecule has 0 unspecified atom stereocenters.